The fraction of sp³-hybridized carbons (Fsp3) is 0.545. The summed E-state index contributed by atoms with van der Waals surface area (Å²) in [4.78, 5) is 12.0. The molecule has 1 fully saturated rings. The van der Waals surface area contributed by atoms with E-state index in [0.717, 1.165) is 12.0 Å². The number of carbonyl (C=O) groups is 1. The number of benzene rings is 1. The number of carbonyl (C=O) groups excluding carboxylic acids is 1. The molecule has 1 aromatic carbocycles. The Kier molecular flexibility index (Phi) is 5.41. The highest BCUT2D eigenvalue weighted by Gasteiger charge is 2.40. The van der Waals surface area contributed by atoms with Gasteiger partial charge in [0.05, 0.1) is 6.42 Å². The van der Waals surface area contributed by atoms with Crippen molar-refractivity contribution in [1.82, 2.24) is 5.43 Å². The fourth-order valence-electron chi connectivity index (χ4n) is 4.41. The highest BCUT2D eigenvalue weighted by molar-refractivity contribution is 5.79. The van der Waals surface area contributed by atoms with Gasteiger partial charge in [-0.05, 0) is 54.4 Å². The Balaban J connectivity index is 1.57. The SMILES string of the molecule is CC1CC2=CCCC(C)(C)C2CC1/C=N/NC(=O)Cc1ccccc1. The molecule has 3 heteroatoms. The molecule has 3 unspecified atom stereocenters. The van der Waals surface area contributed by atoms with Crippen molar-refractivity contribution in [3.63, 3.8) is 0 Å². The van der Waals surface area contributed by atoms with Crippen LogP contribution in [0.15, 0.2) is 47.1 Å². The molecule has 0 bridgehead atoms. The standard InChI is InChI=1S/C22H30N2O/c1-16-12-18-10-7-11-22(2,3)20(18)14-19(16)15-23-24-21(25)13-17-8-5-4-6-9-17/h4-6,8-10,15-16,19-20H,7,11-14H2,1-3H3,(H,24,25)/b23-15+. The number of hydrazone groups is 1. The van der Waals surface area contributed by atoms with Crippen LogP contribution >= 0.6 is 0 Å². The predicted molar refractivity (Wildman–Crippen MR) is 103 cm³/mol. The van der Waals surface area contributed by atoms with E-state index in [4.69, 9.17) is 0 Å². The van der Waals surface area contributed by atoms with Crippen LogP contribution in [-0.2, 0) is 11.2 Å². The second-order valence-electron chi connectivity index (χ2n) is 8.42. The molecular weight excluding hydrogens is 308 g/mol. The minimum absolute atomic E-state index is 0.0514. The second-order valence-corrected chi connectivity index (χ2v) is 8.42. The molecule has 1 aromatic rings. The van der Waals surface area contributed by atoms with Crippen molar-refractivity contribution in [2.75, 3.05) is 0 Å². The Morgan fingerprint density at radius 2 is 2.08 bits per heavy atom. The third kappa shape index (κ3) is 4.39. The summed E-state index contributed by atoms with van der Waals surface area (Å²) in [6.45, 7) is 7.11. The van der Waals surface area contributed by atoms with Crippen molar-refractivity contribution in [3.8, 4) is 0 Å². The average Bonchev–Trinajstić information content (AvgIpc) is 2.56. The highest BCUT2D eigenvalue weighted by atomic mass is 16.2. The zero-order valence-corrected chi connectivity index (χ0v) is 15.7. The van der Waals surface area contributed by atoms with Gasteiger partial charge in [0.15, 0.2) is 0 Å². The molecular formula is C22H30N2O. The van der Waals surface area contributed by atoms with E-state index in [2.05, 4.69) is 37.4 Å². The zero-order valence-electron chi connectivity index (χ0n) is 15.7. The van der Waals surface area contributed by atoms with Crippen LogP contribution in [0.1, 0.15) is 52.0 Å². The van der Waals surface area contributed by atoms with Crippen LogP contribution in [0.3, 0.4) is 0 Å². The number of fused-ring (bicyclic) bond motifs is 1. The normalized spacial score (nSPS) is 28.3. The van der Waals surface area contributed by atoms with Gasteiger partial charge in [0.1, 0.15) is 0 Å². The summed E-state index contributed by atoms with van der Waals surface area (Å²) in [6, 6.07) is 9.79. The monoisotopic (exact) mass is 338 g/mol. The van der Waals surface area contributed by atoms with Gasteiger partial charge in [-0.25, -0.2) is 5.43 Å². The Hall–Kier alpha value is -1.90. The lowest BCUT2D eigenvalue weighted by atomic mass is 9.59. The molecule has 2 aliphatic rings. The number of nitrogens with zero attached hydrogens (tertiary/aromatic N) is 1. The molecule has 0 aliphatic heterocycles. The van der Waals surface area contributed by atoms with Crippen molar-refractivity contribution in [3.05, 3.63) is 47.5 Å². The van der Waals surface area contributed by atoms with Crippen molar-refractivity contribution in [1.29, 1.82) is 0 Å². The van der Waals surface area contributed by atoms with Crippen LogP contribution in [0.4, 0.5) is 0 Å². The molecule has 1 N–H and O–H groups in total. The summed E-state index contributed by atoms with van der Waals surface area (Å²) in [6.07, 6.45) is 9.64. The maximum atomic E-state index is 12.0. The van der Waals surface area contributed by atoms with Crippen molar-refractivity contribution in [2.24, 2.45) is 28.3 Å². The quantitative estimate of drug-likeness (QED) is 0.481. The van der Waals surface area contributed by atoms with Crippen molar-refractivity contribution in [2.45, 2.75) is 52.9 Å². The first kappa shape index (κ1) is 17.9. The average molecular weight is 338 g/mol. The summed E-state index contributed by atoms with van der Waals surface area (Å²) in [7, 11) is 0. The van der Waals surface area contributed by atoms with Gasteiger partial charge in [-0.2, -0.15) is 5.10 Å². The maximum Gasteiger partial charge on any atom is 0.244 e. The van der Waals surface area contributed by atoms with E-state index in [1.807, 2.05) is 36.5 Å². The zero-order chi connectivity index (χ0) is 17.9. The molecule has 0 spiro atoms. The summed E-state index contributed by atoms with van der Waals surface area (Å²) in [5.41, 5.74) is 5.76. The lowest BCUT2D eigenvalue weighted by Crippen LogP contribution is -2.37. The van der Waals surface area contributed by atoms with E-state index < -0.39 is 0 Å². The molecule has 3 nitrogen and oxygen atoms in total. The van der Waals surface area contributed by atoms with Gasteiger partial charge in [-0.3, -0.25) is 4.79 Å². The van der Waals surface area contributed by atoms with Gasteiger partial charge in [-0.15, -0.1) is 0 Å². The maximum absolute atomic E-state index is 12.0. The first-order valence-corrected chi connectivity index (χ1v) is 9.50. The molecule has 3 rings (SSSR count). The van der Waals surface area contributed by atoms with Crippen molar-refractivity contribution >= 4 is 12.1 Å². The largest absolute Gasteiger partial charge is 0.273 e. The minimum atomic E-state index is -0.0514. The first-order chi connectivity index (χ1) is 12.0. The molecule has 3 atom stereocenters. The summed E-state index contributed by atoms with van der Waals surface area (Å²) < 4.78 is 0. The van der Waals surface area contributed by atoms with Gasteiger partial charge in [-0.1, -0.05) is 62.8 Å². The number of amides is 1. The Labute approximate surface area is 151 Å². The summed E-state index contributed by atoms with van der Waals surface area (Å²) >= 11 is 0. The molecule has 134 valence electrons. The van der Waals surface area contributed by atoms with Crippen LogP contribution in [0.2, 0.25) is 0 Å². The van der Waals surface area contributed by atoms with Crippen LogP contribution in [0.5, 0.6) is 0 Å². The molecule has 25 heavy (non-hydrogen) atoms. The number of hydrogen-bond acceptors (Lipinski definition) is 2. The van der Waals surface area contributed by atoms with Gasteiger partial charge in [0.2, 0.25) is 5.91 Å². The molecule has 2 aliphatic carbocycles. The topological polar surface area (TPSA) is 41.5 Å². The number of allylic oxidation sites excluding steroid dienone is 2. The Bertz CT molecular complexity index is 660. The number of nitrogens with one attached hydrogen (secondary N) is 1. The summed E-state index contributed by atoms with van der Waals surface area (Å²) in [5, 5.41) is 4.28. The smallest absolute Gasteiger partial charge is 0.244 e. The summed E-state index contributed by atoms with van der Waals surface area (Å²) in [5.74, 6) is 1.64. The van der Waals surface area contributed by atoms with E-state index in [0.29, 0.717) is 29.6 Å². The van der Waals surface area contributed by atoms with Crippen molar-refractivity contribution < 1.29 is 4.79 Å². The van der Waals surface area contributed by atoms with E-state index in [-0.39, 0.29) is 5.91 Å². The molecule has 1 amide bonds. The number of rotatable bonds is 4. The highest BCUT2D eigenvalue weighted by Crippen LogP contribution is 2.50. The lowest BCUT2D eigenvalue weighted by Gasteiger charge is -2.46. The molecule has 0 radical (unpaired) electrons. The minimum Gasteiger partial charge on any atom is -0.273 e. The second kappa shape index (κ2) is 7.55. The van der Waals surface area contributed by atoms with Crippen LogP contribution < -0.4 is 5.43 Å². The fourth-order valence-corrected chi connectivity index (χ4v) is 4.41. The molecule has 0 heterocycles. The Morgan fingerprint density at radius 1 is 1.32 bits per heavy atom. The number of hydrogen-bond donors (Lipinski definition) is 1. The van der Waals surface area contributed by atoms with E-state index >= 15 is 0 Å². The third-order valence-corrected chi connectivity index (χ3v) is 6.05. The van der Waals surface area contributed by atoms with E-state index in [1.165, 1.54) is 19.3 Å². The molecule has 0 saturated heterocycles. The van der Waals surface area contributed by atoms with Gasteiger partial charge in [0, 0.05) is 6.21 Å². The molecule has 0 aromatic heterocycles. The van der Waals surface area contributed by atoms with Crippen LogP contribution in [-0.4, -0.2) is 12.1 Å². The predicted octanol–water partition coefficient (Wildman–Crippen LogP) is 4.74. The van der Waals surface area contributed by atoms with E-state index in [1.54, 1.807) is 5.57 Å². The van der Waals surface area contributed by atoms with Gasteiger partial charge < -0.3 is 0 Å². The van der Waals surface area contributed by atoms with Gasteiger partial charge >= 0.3 is 0 Å². The molecule has 1 saturated carbocycles. The van der Waals surface area contributed by atoms with Gasteiger partial charge in [0.25, 0.3) is 0 Å². The lowest BCUT2D eigenvalue weighted by molar-refractivity contribution is -0.120. The van der Waals surface area contributed by atoms with Crippen LogP contribution in [0, 0.1) is 23.2 Å². The first-order valence-electron chi connectivity index (χ1n) is 9.50. The van der Waals surface area contributed by atoms with Crippen LogP contribution in [0.25, 0.3) is 0 Å². The Morgan fingerprint density at radius 3 is 2.84 bits per heavy atom. The van der Waals surface area contributed by atoms with E-state index in [9.17, 15) is 4.79 Å². The third-order valence-electron chi connectivity index (χ3n) is 6.05.